The Bertz CT molecular complexity index is 1680. The lowest BCUT2D eigenvalue weighted by Gasteiger charge is -2.27. The Morgan fingerprint density at radius 3 is 2.33 bits per heavy atom. The Morgan fingerprint density at radius 1 is 1.00 bits per heavy atom. The van der Waals surface area contributed by atoms with Crippen molar-refractivity contribution in [2.45, 2.75) is 25.2 Å². The Labute approximate surface area is 236 Å². The summed E-state index contributed by atoms with van der Waals surface area (Å²) in [7, 11) is -2.94. The smallest absolute Gasteiger partial charge is 0.339 e. The first kappa shape index (κ1) is 28.6. The van der Waals surface area contributed by atoms with Gasteiger partial charge in [-0.05, 0) is 91.6 Å². The fraction of sp³-hybridized carbons (Fsp3) is 0.138. The number of benzene rings is 3. The lowest BCUT2D eigenvalue weighted by Crippen LogP contribution is -2.54. The summed E-state index contributed by atoms with van der Waals surface area (Å²) >= 11 is 5.87. The molecule has 1 heterocycles. The van der Waals surface area contributed by atoms with E-state index in [1.54, 1.807) is 24.3 Å². The predicted molar refractivity (Wildman–Crippen MR) is 151 cm³/mol. The lowest BCUT2D eigenvalue weighted by molar-refractivity contribution is -0.122. The zero-order valence-electron chi connectivity index (χ0n) is 21.9. The van der Waals surface area contributed by atoms with Gasteiger partial charge in [0.05, 0.1) is 12.8 Å². The van der Waals surface area contributed by atoms with Crippen molar-refractivity contribution in [3.05, 3.63) is 100 Å². The summed E-state index contributed by atoms with van der Waals surface area (Å²) in [5.74, 6) is -1.72. The molecule has 0 spiro atoms. The van der Waals surface area contributed by atoms with Crippen LogP contribution in [0.4, 0.5) is 10.5 Å². The number of ether oxygens (including phenoxy) is 1. The maximum Gasteiger partial charge on any atom is 0.339 e. The molecule has 0 saturated carbocycles. The molecule has 1 aliphatic rings. The molecule has 1 N–H and O–H groups in total. The second-order valence-electron chi connectivity index (χ2n) is 8.92. The van der Waals surface area contributed by atoms with Crippen LogP contribution in [0.2, 0.25) is 5.02 Å². The quantitative estimate of drug-likeness (QED) is 0.170. The Hall–Kier alpha value is -4.41. The molecule has 3 aromatic rings. The van der Waals surface area contributed by atoms with Crippen molar-refractivity contribution in [2.24, 2.45) is 0 Å². The van der Waals surface area contributed by atoms with Gasteiger partial charge in [-0.3, -0.25) is 14.9 Å². The third-order valence-electron chi connectivity index (χ3n) is 6.19. The first-order chi connectivity index (χ1) is 18.9. The Balaban J connectivity index is 1.76. The number of imide groups is 2. The van der Waals surface area contributed by atoms with Crippen LogP contribution in [0.25, 0.3) is 6.08 Å². The fourth-order valence-corrected chi connectivity index (χ4v) is 5.10. The van der Waals surface area contributed by atoms with Crippen molar-refractivity contribution >= 4 is 51.3 Å². The molecule has 4 rings (SSSR count). The highest BCUT2D eigenvalue weighted by Gasteiger charge is 2.37. The molecule has 0 bridgehead atoms. The summed E-state index contributed by atoms with van der Waals surface area (Å²) in [5, 5.41) is 2.56. The highest BCUT2D eigenvalue weighted by Crippen LogP contribution is 2.37. The van der Waals surface area contributed by atoms with E-state index in [2.05, 4.69) is 11.9 Å². The second kappa shape index (κ2) is 11.4. The summed E-state index contributed by atoms with van der Waals surface area (Å²) in [6.45, 7) is 7.45. The van der Waals surface area contributed by atoms with Crippen LogP contribution in [0.15, 0.2) is 77.7 Å². The molecule has 1 fully saturated rings. The molecule has 9 nitrogen and oxygen atoms in total. The highest BCUT2D eigenvalue weighted by atomic mass is 35.5. The molecule has 0 atom stereocenters. The van der Waals surface area contributed by atoms with E-state index in [1.807, 2.05) is 13.8 Å². The minimum absolute atomic E-state index is 0.0366. The van der Waals surface area contributed by atoms with Gasteiger partial charge in [0.1, 0.15) is 10.5 Å². The van der Waals surface area contributed by atoms with Gasteiger partial charge < -0.3 is 8.92 Å². The first-order valence-corrected chi connectivity index (χ1v) is 13.7. The number of nitrogens with zero attached hydrogens (tertiary/aromatic N) is 1. The van der Waals surface area contributed by atoms with Crippen LogP contribution in [0, 0.1) is 13.8 Å². The van der Waals surface area contributed by atoms with Crippen molar-refractivity contribution < 1.29 is 31.7 Å². The molecular weight excluding hydrogens is 556 g/mol. The summed E-state index contributed by atoms with van der Waals surface area (Å²) in [5.41, 5.74) is 2.55. The number of carbonyl (C=O) groups is 3. The maximum absolute atomic E-state index is 13.4. The summed E-state index contributed by atoms with van der Waals surface area (Å²) in [6.07, 6.45) is 3.00. The number of urea groups is 1. The number of aryl methyl sites for hydroxylation is 2. The van der Waals surface area contributed by atoms with Gasteiger partial charge in [0.25, 0.3) is 11.8 Å². The first-order valence-electron chi connectivity index (χ1n) is 12.0. The van der Waals surface area contributed by atoms with E-state index in [0.29, 0.717) is 21.8 Å². The van der Waals surface area contributed by atoms with E-state index in [-0.39, 0.29) is 28.4 Å². The topological polar surface area (TPSA) is 119 Å². The lowest BCUT2D eigenvalue weighted by atomic mass is 10.0. The second-order valence-corrected chi connectivity index (χ2v) is 10.9. The van der Waals surface area contributed by atoms with Gasteiger partial charge in [-0.15, -0.1) is 6.58 Å². The number of methoxy groups -OCH3 is 1. The van der Waals surface area contributed by atoms with Crippen LogP contribution in [0.3, 0.4) is 0 Å². The number of halogens is 1. The average molecular weight is 581 g/mol. The molecule has 0 aromatic heterocycles. The largest absolute Gasteiger partial charge is 0.493 e. The van der Waals surface area contributed by atoms with Crippen LogP contribution in [-0.2, 0) is 26.1 Å². The normalized spacial score (nSPS) is 14.8. The van der Waals surface area contributed by atoms with Gasteiger partial charge in [-0.2, -0.15) is 8.42 Å². The van der Waals surface area contributed by atoms with Crippen molar-refractivity contribution in [1.29, 1.82) is 0 Å². The molecule has 3 aromatic carbocycles. The molecule has 0 unspecified atom stereocenters. The van der Waals surface area contributed by atoms with Crippen molar-refractivity contribution in [3.63, 3.8) is 0 Å². The van der Waals surface area contributed by atoms with Gasteiger partial charge in [-0.25, -0.2) is 9.69 Å². The number of anilines is 1. The summed E-state index contributed by atoms with van der Waals surface area (Å²) < 4.78 is 36.8. The number of hydrogen-bond donors (Lipinski definition) is 1. The maximum atomic E-state index is 13.4. The number of barbiturate groups is 1. The number of allylic oxidation sites excluding steroid dienone is 1. The average Bonchev–Trinajstić information content (AvgIpc) is 2.90. The molecule has 1 aliphatic heterocycles. The third-order valence-corrected chi connectivity index (χ3v) is 7.68. The summed E-state index contributed by atoms with van der Waals surface area (Å²) in [6, 6.07) is 12.6. The molecular formula is C29H25ClN2O7S. The standard InChI is InChI=1S/C29H25ClN2O7S/c1-5-6-20-14-19(16-25(38-4)26(20)39-40(36,37)23-11-8-21(30)9-12-23)15-24-27(33)31-29(35)32(28(24)34)22-10-7-17(2)18(3)13-22/h5,7-16H,1,6H2,2-4H3,(H,31,33,35)/b24-15+. The minimum atomic E-state index is -4.26. The van der Waals surface area contributed by atoms with Gasteiger partial charge >= 0.3 is 16.1 Å². The van der Waals surface area contributed by atoms with Gasteiger partial charge in [0.2, 0.25) is 0 Å². The molecule has 1 saturated heterocycles. The molecule has 4 amide bonds. The number of carbonyl (C=O) groups excluding carboxylic acids is 3. The minimum Gasteiger partial charge on any atom is -0.493 e. The van der Waals surface area contributed by atoms with Crippen LogP contribution < -0.4 is 19.1 Å². The monoisotopic (exact) mass is 580 g/mol. The molecule has 40 heavy (non-hydrogen) atoms. The number of nitrogens with one attached hydrogen (secondary N) is 1. The summed E-state index contributed by atoms with van der Waals surface area (Å²) in [4.78, 5) is 39.4. The van der Waals surface area contributed by atoms with Crippen LogP contribution in [0.1, 0.15) is 22.3 Å². The van der Waals surface area contributed by atoms with Crippen molar-refractivity contribution in [1.82, 2.24) is 5.32 Å². The van der Waals surface area contributed by atoms with Crippen LogP contribution in [0.5, 0.6) is 11.5 Å². The molecule has 0 aliphatic carbocycles. The van der Waals surface area contributed by atoms with Crippen molar-refractivity contribution in [3.8, 4) is 11.5 Å². The zero-order chi connectivity index (χ0) is 29.2. The molecule has 0 radical (unpaired) electrons. The SMILES string of the molecule is C=CCc1cc(/C=C2\C(=O)NC(=O)N(c3ccc(C)c(C)c3)C2=O)cc(OC)c1OS(=O)(=O)c1ccc(Cl)cc1. The van der Waals surface area contributed by atoms with Gasteiger partial charge in [-0.1, -0.05) is 23.7 Å². The van der Waals surface area contributed by atoms with E-state index in [9.17, 15) is 22.8 Å². The molecule has 11 heteroatoms. The van der Waals surface area contributed by atoms with Gasteiger partial charge in [0, 0.05) is 10.6 Å². The Morgan fingerprint density at radius 2 is 1.70 bits per heavy atom. The van der Waals surface area contributed by atoms with Crippen LogP contribution >= 0.6 is 11.6 Å². The van der Waals surface area contributed by atoms with Crippen LogP contribution in [-0.4, -0.2) is 33.4 Å². The van der Waals surface area contributed by atoms with E-state index in [0.717, 1.165) is 16.0 Å². The third kappa shape index (κ3) is 5.78. The van der Waals surface area contributed by atoms with E-state index < -0.39 is 28.0 Å². The number of amides is 4. The fourth-order valence-electron chi connectivity index (χ4n) is 4.00. The molecule has 206 valence electrons. The van der Waals surface area contributed by atoms with Gasteiger partial charge in [0.15, 0.2) is 11.5 Å². The highest BCUT2D eigenvalue weighted by molar-refractivity contribution is 7.87. The van der Waals surface area contributed by atoms with E-state index in [1.165, 1.54) is 49.6 Å². The Kier molecular flexibility index (Phi) is 8.13. The zero-order valence-corrected chi connectivity index (χ0v) is 23.4. The number of hydrogen-bond acceptors (Lipinski definition) is 7. The number of rotatable bonds is 8. The predicted octanol–water partition coefficient (Wildman–Crippen LogP) is 5.13. The van der Waals surface area contributed by atoms with E-state index >= 15 is 0 Å². The van der Waals surface area contributed by atoms with E-state index in [4.69, 9.17) is 20.5 Å². The van der Waals surface area contributed by atoms with Crippen molar-refractivity contribution in [2.75, 3.05) is 12.0 Å².